The average molecular weight is 479 g/mol. The first-order valence-electron chi connectivity index (χ1n) is 7.40. The molecule has 0 N–H and O–H groups in total. The maximum Gasteiger partial charge on any atom is 0.255 e. The number of halogens is 3. The van der Waals surface area contributed by atoms with Crippen molar-refractivity contribution < 1.29 is 9.53 Å². The van der Waals surface area contributed by atoms with E-state index in [2.05, 4.69) is 27.6 Å². The molecule has 24 heavy (non-hydrogen) atoms. The Balaban J connectivity index is 2.00. The Bertz CT molecular complexity index is 741. The Kier molecular flexibility index (Phi) is 7.13. The largest absolute Gasteiger partial charge is 0.491 e. The molecule has 0 spiro atoms. The van der Waals surface area contributed by atoms with Crippen LogP contribution in [0.1, 0.15) is 22.8 Å². The Hall–Kier alpha value is -1.05. The summed E-state index contributed by atoms with van der Waals surface area (Å²) in [5, 5.41) is 1.08. The second kappa shape index (κ2) is 8.87. The van der Waals surface area contributed by atoms with Gasteiger partial charge in [0.2, 0.25) is 0 Å². The zero-order valence-electron chi connectivity index (χ0n) is 13.4. The van der Waals surface area contributed by atoms with Crippen molar-refractivity contribution >= 4 is 51.7 Å². The van der Waals surface area contributed by atoms with Gasteiger partial charge in [0.05, 0.1) is 12.1 Å². The minimum Gasteiger partial charge on any atom is -0.491 e. The Morgan fingerprint density at radius 1 is 1.29 bits per heavy atom. The van der Waals surface area contributed by atoms with E-state index in [1.165, 1.54) is 0 Å². The Morgan fingerprint density at radius 2 is 2.04 bits per heavy atom. The van der Waals surface area contributed by atoms with E-state index in [1.54, 1.807) is 29.4 Å². The molecule has 128 valence electrons. The van der Waals surface area contributed by atoms with Crippen LogP contribution in [0, 0.1) is 10.5 Å². The zero-order valence-corrected chi connectivity index (χ0v) is 17.0. The third-order valence-corrected chi connectivity index (χ3v) is 4.70. The van der Waals surface area contributed by atoms with E-state index in [4.69, 9.17) is 27.9 Å². The molecule has 0 saturated heterocycles. The van der Waals surface area contributed by atoms with Crippen LogP contribution < -0.4 is 4.74 Å². The van der Waals surface area contributed by atoms with Crippen molar-refractivity contribution in [3.8, 4) is 5.75 Å². The molecule has 0 bridgehead atoms. The van der Waals surface area contributed by atoms with Crippen LogP contribution in [0.5, 0.6) is 5.75 Å². The summed E-state index contributed by atoms with van der Waals surface area (Å²) in [4.78, 5) is 18.3. The summed E-state index contributed by atoms with van der Waals surface area (Å²) in [6.45, 7) is 5.21. The van der Waals surface area contributed by atoms with Crippen molar-refractivity contribution in [3.63, 3.8) is 0 Å². The van der Waals surface area contributed by atoms with Crippen molar-refractivity contribution in [2.75, 3.05) is 19.7 Å². The summed E-state index contributed by atoms with van der Waals surface area (Å²) in [6.07, 6.45) is 3.29. The summed E-state index contributed by atoms with van der Waals surface area (Å²) in [7, 11) is 0. The highest BCUT2D eigenvalue weighted by Crippen LogP contribution is 2.30. The van der Waals surface area contributed by atoms with Crippen LogP contribution in [0.4, 0.5) is 0 Å². The van der Waals surface area contributed by atoms with Gasteiger partial charge in [-0.25, -0.2) is 0 Å². The maximum atomic E-state index is 12.5. The predicted molar refractivity (Wildman–Crippen MR) is 105 cm³/mol. The third-order valence-electron chi connectivity index (χ3n) is 3.50. The fourth-order valence-corrected chi connectivity index (χ4v) is 3.12. The number of likely N-dealkylation sites (N-methyl/N-ethyl adjacent to an activating group) is 1. The summed E-state index contributed by atoms with van der Waals surface area (Å²) in [6, 6.07) is 5.22. The first-order valence-corrected chi connectivity index (χ1v) is 9.24. The van der Waals surface area contributed by atoms with Crippen LogP contribution in [0.3, 0.4) is 0 Å². The van der Waals surface area contributed by atoms with Crippen molar-refractivity contribution in [1.82, 2.24) is 9.88 Å². The minimum atomic E-state index is -0.0621. The first kappa shape index (κ1) is 19.3. The van der Waals surface area contributed by atoms with Crippen molar-refractivity contribution in [2.45, 2.75) is 13.8 Å². The zero-order chi connectivity index (χ0) is 17.7. The van der Waals surface area contributed by atoms with Crippen molar-refractivity contribution in [2.24, 2.45) is 0 Å². The van der Waals surface area contributed by atoms with E-state index in [9.17, 15) is 4.79 Å². The van der Waals surface area contributed by atoms with Crippen LogP contribution in [0.2, 0.25) is 10.0 Å². The molecule has 4 nitrogen and oxygen atoms in total. The van der Waals surface area contributed by atoms with Gasteiger partial charge in [-0.3, -0.25) is 9.78 Å². The topological polar surface area (TPSA) is 42.4 Å². The fraction of sp³-hybridized carbons (Fsp3) is 0.294. The van der Waals surface area contributed by atoms with E-state index < -0.39 is 0 Å². The number of carbonyl (C=O) groups excluding carboxylic acids is 1. The summed E-state index contributed by atoms with van der Waals surface area (Å²) in [5.41, 5.74) is 1.41. The molecular weight excluding hydrogens is 462 g/mol. The average Bonchev–Trinajstić information content (AvgIpc) is 2.55. The molecule has 1 aromatic carbocycles. The molecular formula is C17H17Cl2IN2O2. The van der Waals surface area contributed by atoms with Gasteiger partial charge in [-0.15, -0.1) is 0 Å². The van der Waals surface area contributed by atoms with Gasteiger partial charge in [-0.1, -0.05) is 23.2 Å². The summed E-state index contributed by atoms with van der Waals surface area (Å²) < 4.78 is 6.69. The summed E-state index contributed by atoms with van der Waals surface area (Å²) >= 11 is 14.2. The lowest BCUT2D eigenvalue weighted by atomic mass is 10.2. The molecule has 2 rings (SSSR count). The number of ether oxygens (including phenoxy) is 1. The quantitative estimate of drug-likeness (QED) is 0.558. The highest BCUT2D eigenvalue weighted by atomic mass is 127. The van der Waals surface area contributed by atoms with E-state index in [0.29, 0.717) is 41.1 Å². The summed E-state index contributed by atoms with van der Waals surface area (Å²) in [5.74, 6) is 0.569. The molecule has 0 aliphatic heterocycles. The van der Waals surface area contributed by atoms with Gasteiger partial charge >= 0.3 is 0 Å². The van der Waals surface area contributed by atoms with Gasteiger partial charge in [0.15, 0.2) is 0 Å². The Morgan fingerprint density at radius 3 is 2.71 bits per heavy atom. The lowest BCUT2D eigenvalue weighted by molar-refractivity contribution is 0.0739. The van der Waals surface area contributed by atoms with E-state index >= 15 is 0 Å². The van der Waals surface area contributed by atoms with Gasteiger partial charge in [0.1, 0.15) is 12.4 Å². The van der Waals surface area contributed by atoms with E-state index in [0.717, 1.165) is 9.13 Å². The highest BCUT2D eigenvalue weighted by molar-refractivity contribution is 14.1. The van der Waals surface area contributed by atoms with E-state index in [1.807, 2.05) is 19.9 Å². The molecule has 7 heteroatoms. The van der Waals surface area contributed by atoms with Crippen LogP contribution in [-0.2, 0) is 0 Å². The van der Waals surface area contributed by atoms with Crippen LogP contribution in [-0.4, -0.2) is 35.5 Å². The number of amides is 1. The van der Waals surface area contributed by atoms with Crippen molar-refractivity contribution in [1.29, 1.82) is 0 Å². The van der Waals surface area contributed by atoms with Crippen LogP contribution in [0.25, 0.3) is 0 Å². The van der Waals surface area contributed by atoms with Crippen molar-refractivity contribution in [3.05, 3.63) is 55.3 Å². The Labute approximate surface area is 165 Å². The van der Waals surface area contributed by atoms with Gasteiger partial charge in [0, 0.05) is 38.1 Å². The SMILES string of the molecule is CCN(CCOc1cc(Cl)cc(Cl)c1C)C(=O)c1cncc(I)c1. The van der Waals surface area contributed by atoms with Gasteiger partial charge in [-0.05, 0) is 54.6 Å². The molecule has 0 saturated carbocycles. The number of hydrogen-bond acceptors (Lipinski definition) is 3. The molecule has 0 radical (unpaired) electrons. The molecule has 0 aliphatic rings. The number of aromatic nitrogens is 1. The highest BCUT2D eigenvalue weighted by Gasteiger charge is 2.15. The molecule has 0 aliphatic carbocycles. The molecule has 0 unspecified atom stereocenters. The lowest BCUT2D eigenvalue weighted by Gasteiger charge is -2.21. The number of nitrogens with zero attached hydrogens (tertiary/aromatic N) is 2. The first-order chi connectivity index (χ1) is 11.4. The molecule has 0 fully saturated rings. The maximum absolute atomic E-state index is 12.5. The van der Waals surface area contributed by atoms with Crippen LogP contribution >= 0.6 is 45.8 Å². The smallest absolute Gasteiger partial charge is 0.255 e. The predicted octanol–water partition coefficient (Wildman–Crippen LogP) is 4.84. The number of hydrogen-bond donors (Lipinski definition) is 0. The molecule has 1 amide bonds. The molecule has 1 heterocycles. The second-order valence-corrected chi connectivity index (χ2v) is 7.23. The molecule has 1 aromatic heterocycles. The third kappa shape index (κ3) is 4.97. The second-order valence-electron chi connectivity index (χ2n) is 5.14. The lowest BCUT2D eigenvalue weighted by Crippen LogP contribution is -2.34. The number of pyridine rings is 1. The minimum absolute atomic E-state index is 0.0621. The molecule has 0 atom stereocenters. The number of carbonyl (C=O) groups is 1. The number of benzene rings is 1. The van der Waals surface area contributed by atoms with E-state index in [-0.39, 0.29) is 5.91 Å². The normalized spacial score (nSPS) is 10.5. The number of rotatable bonds is 6. The fourth-order valence-electron chi connectivity index (χ4n) is 2.15. The van der Waals surface area contributed by atoms with Gasteiger partial charge < -0.3 is 9.64 Å². The van der Waals surface area contributed by atoms with Gasteiger partial charge in [-0.2, -0.15) is 0 Å². The standard InChI is InChI=1S/C17H17Cl2IN2O2/c1-3-22(17(23)12-6-14(20)10-21-9-12)4-5-24-16-8-13(18)7-15(19)11(16)2/h6-10H,3-5H2,1-2H3. The molecule has 2 aromatic rings. The van der Waals surface area contributed by atoms with Gasteiger partial charge in [0.25, 0.3) is 5.91 Å². The van der Waals surface area contributed by atoms with Crippen LogP contribution in [0.15, 0.2) is 30.6 Å². The monoisotopic (exact) mass is 478 g/mol.